The van der Waals surface area contributed by atoms with E-state index in [4.69, 9.17) is 21.4 Å². The molecular weight excluding hydrogens is 304 g/mol. The summed E-state index contributed by atoms with van der Waals surface area (Å²) in [5.41, 5.74) is 0. The Kier molecular flexibility index (Phi) is 4.85. The summed E-state index contributed by atoms with van der Waals surface area (Å²) < 4.78 is 5.74. The summed E-state index contributed by atoms with van der Waals surface area (Å²) in [6.07, 6.45) is 0. The van der Waals surface area contributed by atoms with Crippen LogP contribution in [0.4, 0.5) is 4.79 Å². The average Bonchev–Trinajstić information content (AvgIpc) is 2.97. The summed E-state index contributed by atoms with van der Waals surface area (Å²) in [5, 5.41) is 14.4. The first-order valence-electron chi connectivity index (χ1n) is 6.10. The molecule has 1 aromatic heterocycles. The van der Waals surface area contributed by atoms with Gasteiger partial charge in [-0.1, -0.05) is 11.6 Å². The lowest BCUT2D eigenvalue weighted by Crippen LogP contribution is -2.47. The van der Waals surface area contributed by atoms with Crippen LogP contribution in [0.3, 0.4) is 0 Å². The molecule has 2 amide bonds. The van der Waals surface area contributed by atoms with Crippen molar-refractivity contribution in [1.82, 2.24) is 10.6 Å². The summed E-state index contributed by atoms with van der Waals surface area (Å²) in [6.45, 7) is 2.17. The normalized spacial score (nSPS) is 23.3. The third-order valence-corrected chi connectivity index (χ3v) is 4.50. The molecule has 3 unspecified atom stereocenters. The molecule has 0 bridgehead atoms. The summed E-state index contributed by atoms with van der Waals surface area (Å²) in [5.74, 6) is -1.67. The fraction of sp³-hybridized carbons (Fsp3) is 0.500. The number of ether oxygens (including phenoxy) is 1. The average molecular weight is 319 g/mol. The van der Waals surface area contributed by atoms with Crippen LogP contribution in [0, 0.1) is 5.92 Å². The summed E-state index contributed by atoms with van der Waals surface area (Å²) in [4.78, 5) is 23.8. The van der Waals surface area contributed by atoms with Crippen molar-refractivity contribution in [1.29, 1.82) is 0 Å². The van der Waals surface area contributed by atoms with Crippen molar-refractivity contribution in [2.24, 2.45) is 5.92 Å². The van der Waals surface area contributed by atoms with E-state index in [1.54, 1.807) is 6.07 Å². The summed E-state index contributed by atoms with van der Waals surface area (Å²) in [6, 6.07) is 2.49. The molecule has 6 nitrogen and oxygen atoms in total. The molecule has 20 heavy (non-hydrogen) atoms. The highest BCUT2D eigenvalue weighted by Gasteiger charge is 2.35. The molecule has 1 aromatic rings. The molecule has 1 aliphatic rings. The number of aliphatic carboxylic acids is 1. The highest BCUT2D eigenvalue weighted by molar-refractivity contribution is 7.16. The minimum Gasteiger partial charge on any atom is -0.481 e. The lowest BCUT2D eigenvalue weighted by atomic mass is 10.0. The molecule has 0 saturated carbocycles. The van der Waals surface area contributed by atoms with E-state index in [0.29, 0.717) is 4.34 Å². The standard InChI is InChI=1S/C12H15ClN2O4S/c1-6(9-2-3-10(13)20-9)14-12(18)15-8-5-19-4-7(8)11(16)17/h2-3,6-8H,4-5H2,1H3,(H,16,17)(H2,14,15,18). The van der Waals surface area contributed by atoms with Crippen molar-refractivity contribution in [2.75, 3.05) is 13.2 Å². The Bertz CT molecular complexity index is 507. The molecule has 8 heteroatoms. The van der Waals surface area contributed by atoms with Crippen molar-refractivity contribution in [2.45, 2.75) is 19.0 Å². The molecule has 0 spiro atoms. The molecule has 1 aliphatic heterocycles. The maximum Gasteiger partial charge on any atom is 0.315 e. The van der Waals surface area contributed by atoms with Crippen molar-refractivity contribution < 1.29 is 19.4 Å². The van der Waals surface area contributed by atoms with Crippen LogP contribution in [-0.2, 0) is 9.53 Å². The van der Waals surface area contributed by atoms with Crippen LogP contribution >= 0.6 is 22.9 Å². The largest absolute Gasteiger partial charge is 0.481 e. The number of amides is 2. The molecular formula is C12H15ClN2O4S. The van der Waals surface area contributed by atoms with Gasteiger partial charge in [0.1, 0.15) is 5.92 Å². The highest BCUT2D eigenvalue weighted by atomic mass is 35.5. The number of rotatable bonds is 4. The molecule has 110 valence electrons. The van der Waals surface area contributed by atoms with Crippen molar-refractivity contribution in [3.63, 3.8) is 0 Å². The van der Waals surface area contributed by atoms with Crippen LogP contribution < -0.4 is 10.6 Å². The Morgan fingerprint density at radius 3 is 2.85 bits per heavy atom. The van der Waals surface area contributed by atoms with Gasteiger partial charge in [-0.3, -0.25) is 4.79 Å². The molecule has 1 fully saturated rings. The van der Waals surface area contributed by atoms with Gasteiger partial charge in [0.2, 0.25) is 0 Å². The SMILES string of the molecule is CC(NC(=O)NC1COCC1C(=O)O)c1ccc(Cl)s1. The number of halogens is 1. The van der Waals surface area contributed by atoms with Gasteiger partial charge in [0.15, 0.2) is 0 Å². The second kappa shape index (κ2) is 6.43. The van der Waals surface area contributed by atoms with Crippen LogP contribution in [0.2, 0.25) is 4.34 Å². The van der Waals surface area contributed by atoms with Crippen LogP contribution in [0.15, 0.2) is 12.1 Å². The van der Waals surface area contributed by atoms with E-state index in [1.807, 2.05) is 13.0 Å². The van der Waals surface area contributed by atoms with E-state index in [-0.39, 0.29) is 19.3 Å². The van der Waals surface area contributed by atoms with Gasteiger partial charge in [0, 0.05) is 4.88 Å². The molecule has 0 aliphatic carbocycles. The topological polar surface area (TPSA) is 87.7 Å². The number of thiophene rings is 1. The van der Waals surface area contributed by atoms with Gasteiger partial charge >= 0.3 is 12.0 Å². The minimum absolute atomic E-state index is 0.121. The Hall–Kier alpha value is -1.31. The quantitative estimate of drug-likeness (QED) is 0.790. The first kappa shape index (κ1) is 15.1. The maximum absolute atomic E-state index is 11.9. The lowest BCUT2D eigenvalue weighted by molar-refractivity contribution is -0.142. The van der Waals surface area contributed by atoms with E-state index in [2.05, 4.69) is 10.6 Å². The Morgan fingerprint density at radius 1 is 1.50 bits per heavy atom. The van der Waals surface area contributed by atoms with Gasteiger partial charge in [-0.25, -0.2) is 4.79 Å². The van der Waals surface area contributed by atoms with E-state index in [0.717, 1.165) is 4.88 Å². The predicted molar refractivity (Wildman–Crippen MR) is 75.1 cm³/mol. The number of carbonyl (C=O) groups is 2. The molecule has 1 saturated heterocycles. The zero-order chi connectivity index (χ0) is 14.7. The van der Waals surface area contributed by atoms with Gasteiger partial charge in [-0.05, 0) is 19.1 Å². The molecule has 3 atom stereocenters. The predicted octanol–water partition coefficient (Wildman–Crippen LogP) is 1.86. The summed E-state index contributed by atoms with van der Waals surface area (Å²) in [7, 11) is 0. The number of carbonyl (C=O) groups excluding carboxylic acids is 1. The van der Waals surface area contributed by atoms with Gasteiger partial charge in [-0.2, -0.15) is 0 Å². The molecule has 3 N–H and O–H groups in total. The van der Waals surface area contributed by atoms with Crippen molar-refractivity contribution in [3.8, 4) is 0 Å². The Morgan fingerprint density at radius 2 is 2.25 bits per heavy atom. The molecule has 0 radical (unpaired) electrons. The van der Waals surface area contributed by atoms with Crippen molar-refractivity contribution >= 4 is 34.9 Å². The van der Waals surface area contributed by atoms with Crippen LogP contribution in [-0.4, -0.2) is 36.4 Å². The van der Waals surface area contributed by atoms with E-state index in [1.165, 1.54) is 11.3 Å². The third-order valence-electron chi connectivity index (χ3n) is 3.08. The number of urea groups is 1. The Balaban J connectivity index is 1.87. The van der Waals surface area contributed by atoms with Gasteiger partial charge in [0.05, 0.1) is 29.6 Å². The van der Waals surface area contributed by atoms with E-state index in [9.17, 15) is 9.59 Å². The highest BCUT2D eigenvalue weighted by Crippen LogP contribution is 2.26. The second-order valence-corrected chi connectivity index (χ2v) is 6.32. The van der Waals surface area contributed by atoms with Crippen LogP contribution in [0.1, 0.15) is 17.8 Å². The van der Waals surface area contributed by atoms with Gasteiger partial charge < -0.3 is 20.5 Å². The minimum atomic E-state index is -0.967. The monoisotopic (exact) mass is 318 g/mol. The fourth-order valence-corrected chi connectivity index (χ4v) is 3.04. The Labute approximate surface area is 125 Å². The second-order valence-electron chi connectivity index (χ2n) is 4.57. The van der Waals surface area contributed by atoms with Crippen LogP contribution in [0.25, 0.3) is 0 Å². The van der Waals surface area contributed by atoms with E-state index < -0.39 is 24.0 Å². The lowest BCUT2D eigenvalue weighted by Gasteiger charge is -2.18. The number of carboxylic acid groups (broad SMARTS) is 1. The fourth-order valence-electron chi connectivity index (χ4n) is 1.98. The maximum atomic E-state index is 11.9. The number of hydrogen-bond donors (Lipinski definition) is 3. The van der Waals surface area contributed by atoms with Gasteiger partial charge in [-0.15, -0.1) is 11.3 Å². The smallest absolute Gasteiger partial charge is 0.315 e. The van der Waals surface area contributed by atoms with E-state index >= 15 is 0 Å². The number of hydrogen-bond acceptors (Lipinski definition) is 4. The molecule has 2 heterocycles. The van der Waals surface area contributed by atoms with Gasteiger partial charge in [0.25, 0.3) is 0 Å². The first-order valence-corrected chi connectivity index (χ1v) is 7.29. The number of carboxylic acids is 1. The zero-order valence-corrected chi connectivity index (χ0v) is 12.3. The molecule has 0 aromatic carbocycles. The first-order chi connectivity index (χ1) is 9.47. The zero-order valence-electron chi connectivity index (χ0n) is 10.8. The molecule has 2 rings (SSSR count). The van der Waals surface area contributed by atoms with Crippen LogP contribution in [0.5, 0.6) is 0 Å². The van der Waals surface area contributed by atoms with Crippen molar-refractivity contribution in [3.05, 3.63) is 21.3 Å². The third kappa shape index (κ3) is 3.62. The summed E-state index contributed by atoms with van der Waals surface area (Å²) >= 11 is 7.23. The number of nitrogens with one attached hydrogen (secondary N) is 2.